The summed E-state index contributed by atoms with van der Waals surface area (Å²) in [5, 5.41) is 9.24. The molecule has 2 saturated heterocycles. The lowest BCUT2D eigenvalue weighted by molar-refractivity contribution is -0.143. The van der Waals surface area contributed by atoms with Gasteiger partial charge in [-0.1, -0.05) is 29.8 Å². The van der Waals surface area contributed by atoms with Crippen LogP contribution in [0.5, 0.6) is 0 Å². The molecule has 0 bridgehead atoms. The highest BCUT2D eigenvalue weighted by Gasteiger charge is 2.33. The molecule has 6 heteroatoms. The van der Waals surface area contributed by atoms with Crippen molar-refractivity contribution < 1.29 is 14.7 Å². The third-order valence-electron chi connectivity index (χ3n) is 5.92. The third kappa shape index (κ3) is 5.94. The topological polar surface area (TPSA) is 60.9 Å². The Kier molecular flexibility index (Phi) is 8.11. The summed E-state index contributed by atoms with van der Waals surface area (Å²) in [5.74, 6) is -0.0286. The van der Waals surface area contributed by atoms with Crippen LogP contribution in [0, 0.1) is 12.8 Å². The predicted molar refractivity (Wildman–Crippen MR) is 108 cm³/mol. The van der Waals surface area contributed by atoms with E-state index < -0.39 is 12.0 Å². The molecule has 1 aromatic carbocycles. The molecule has 2 heterocycles. The molecule has 5 nitrogen and oxygen atoms in total. The molecule has 2 fully saturated rings. The van der Waals surface area contributed by atoms with Crippen molar-refractivity contribution in [3.8, 4) is 0 Å². The van der Waals surface area contributed by atoms with Crippen LogP contribution in [0.2, 0.25) is 0 Å². The van der Waals surface area contributed by atoms with Gasteiger partial charge in [0.05, 0.1) is 6.54 Å². The highest BCUT2D eigenvalue weighted by Crippen LogP contribution is 2.24. The SMILES string of the molecule is Cc1ccc(CCC2CCN(C(=O)CN3CCC[C@@H]3C(=O)O)CC2)cc1.Cl. The van der Waals surface area contributed by atoms with Gasteiger partial charge in [-0.05, 0) is 63.5 Å². The summed E-state index contributed by atoms with van der Waals surface area (Å²) in [6.07, 6.45) is 5.92. The van der Waals surface area contributed by atoms with E-state index in [2.05, 4.69) is 31.2 Å². The van der Waals surface area contributed by atoms with Crippen LogP contribution in [0.1, 0.15) is 43.2 Å². The highest BCUT2D eigenvalue weighted by atomic mass is 35.5. The minimum atomic E-state index is -0.801. The van der Waals surface area contributed by atoms with E-state index in [0.717, 1.165) is 45.3 Å². The molecule has 1 N–H and O–H groups in total. The zero-order valence-corrected chi connectivity index (χ0v) is 16.9. The van der Waals surface area contributed by atoms with Gasteiger partial charge in [-0.25, -0.2) is 0 Å². The molecule has 0 spiro atoms. The van der Waals surface area contributed by atoms with E-state index in [1.807, 2.05) is 9.80 Å². The molecule has 0 saturated carbocycles. The van der Waals surface area contributed by atoms with Crippen LogP contribution in [-0.4, -0.2) is 59.0 Å². The van der Waals surface area contributed by atoms with E-state index >= 15 is 0 Å². The number of aliphatic carboxylic acids is 1. The summed E-state index contributed by atoms with van der Waals surface area (Å²) in [6, 6.07) is 8.27. The van der Waals surface area contributed by atoms with E-state index in [9.17, 15) is 14.7 Å². The van der Waals surface area contributed by atoms with Gasteiger partial charge in [0.15, 0.2) is 0 Å². The number of piperidine rings is 1. The fourth-order valence-electron chi connectivity index (χ4n) is 4.17. The van der Waals surface area contributed by atoms with E-state index in [4.69, 9.17) is 0 Å². The fourth-order valence-corrected chi connectivity index (χ4v) is 4.17. The molecule has 3 rings (SSSR count). The van der Waals surface area contributed by atoms with E-state index in [1.54, 1.807) is 0 Å². The van der Waals surface area contributed by atoms with Crippen LogP contribution in [0.4, 0.5) is 0 Å². The van der Waals surface area contributed by atoms with Gasteiger partial charge >= 0.3 is 5.97 Å². The van der Waals surface area contributed by atoms with Crippen molar-refractivity contribution in [3.63, 3.8) is 0 Å². The Labute approximate surface area is 168 Å². The average Bonchev–Trinajstić information content (AvgIpc) is 3.10. The van der Waals surface area contributed by atoms with E-state index in [1.165, 1.54) is 17.5 Å². The lowest BCUT2D eigenvalue weighted by Crippen LogP contribution is -2.46. The number of benzene rings is 1. The van der Waals surface area contributed by atoms with Crippen molar-refractivity contribution in [1.82, 2.24) is 9.80 Å². The van der Waals surface area contributed by atoms with E-state index in [0.29, 0.717) is 12.3 Å². The Morgan fingerprint density at radius 3 is 2.37 bits per heavy atom. The number of hydrogen-bond donors (Lipinski definition) is 1. The molecule has 0 unspecified atom stereocenters. The lowest BCUT2D eigenvalue weighted by Gasteiger charge is -2.33. The van der Waals surface area contributed by atoms with Gasteiger partial charge in [-0.3, -0.25) is 14.5 Å². The molecule has 0 aromatic heterocycles. The van der Waals surface area contributed by atoms with Gasteiger partial charge in [0, 0.05) is 13.1 Å². The summed E-state index contributed by atoms with van der Waals surface area (Å²) in [7, 11) is 0. The largest absolute Gasteiger partial charge is 0.480 e. The van der Waals surface area contributed by atoms with Crippen LogP contribution in [0.15, 0.2) is 24.3 Å². The Bertz CT molecular complexity index is 627. The van der Waals surface area contributed by atoms with Gasteiger partial charge in [0.25, 0.3) is 0 Å². The summed E-state index contributed by atoms with van der Waals surface area (Å²) in [4.78, 5) is 27.5. The second-order valence-electron chi connectivity index (χ2n) is 7.82. The Morgan fingerprint density at radius 2 is 1.74 bits per heavy atom. The van der Waals surface area contributed by atoms with Crippen LogP contribution >= 0.6 is 12.4 Å². The fraction of sp³-hybridized carbons (Fsp3) is 0.619. The monoisotopic (exact) mass is 394 g/mol. The average molecular weight is 395 g/mol. The first-order chi connectivity index (χ1) is 12.5. The second-order valence-corrected chi connectivity index (χ2v) is 7.82. The lowest BCUT2D eigenvalue weighted by atomic mass is 9.90. The molecular formula is C21H31ClN2O3. The third-order valence-corrected chi connectivity index (χ3v) is 5.92. The predicted octanol–water partition coefficient (Wildman–Crippen LogP) is 3.14. The van der Waals surface area contributed by atoms with E-state index in [-0.39, 0.29) is 24.9 Å². The van der Waals surface area contributed by atoms with Crippen molar-refractivity contribution in [1.29, 1.82) is 0 Å². The maximum Gasteiger partial charge on any atom is 0.320 e. The summed E-state index contributed by atoms with van der Waals surface area (Å²) in [6.45, 7) is 4.70. The zero-order chi connectivity index (χ0) is 18.5. The molecule has 2 aliphatic rings. The first kappa shape index (κ1) is 21.7. The summed E-state index contributed by atoms with van der Waals surface area (Å²) >= 11 is 0. The number of nitrogens with zero attached hydrogens (tertiary/aromatic N) is 2. The first-order valence-corrected chi connectivity index (χ1v) is 9.83. The number of likely N-dealkylation sites (tertiary alicyclic amines) is 2. The number of halogens is 1. The Hall–Kier alpha value is -1.59. The number of carbonyl (C=O) groups excluding carboxylic acids is 1. The molecule has 1 atom stereocenters. The number of carboxylic acids is 1. The first-order valence-electron chi connectivity index (χ1n) is 9.83. The van der Waals surface area contributed by atoms with Gasteiger partial charge in [0.1, 0.15) is 6.04 Å². The standard InChI is InChI=1S/C21H30N2O3.ClH/c1-16-4-6-17(7-5-16)8-9-18-10-13-22(14-11-18)20(24)15-23-12-2-3-19(23)21(25)26;/h4-7,18-19H,2-3,8-15H2,1H3,(H,25,26);1H/t19-;/m1./s1. The number of rotatable bonds is 6. The molecular weight excluding hydrogens is 364 g/mol. The van der Waals surface area contributed by atoms with Crippen LogP contribution in [0.3, 0.4) is 0 Å². The normalized spacial score (nSPS) is 21.1. The maximum absolute atomic E-state index is 12.5. The molecule has 150 valence electrons. The molecule has 0 aliphatic carbocycles. The zero-order valence-electron chi connectivity index (χ0n) is 16.1. The number of carboxylic acid groups (broad SMARTS) is 1. The van der Waals surface area contributed by atoms with Gasteiger partial charge in [0.2, 0.25) is 5.91 Å². The maximum atomic E-state index is 12.5. The van der Waals surface area contributed by atoms with Gasteiger partial charge < -0.3 is 10.0 Å². The van der Waals surface area contributed by atoms with Crippen molar-refractivity contribution in [2.24, 2.45) is 5.92 Å². The summed E-state index contributed by atoms with van der Waals surface area (Å²) < 4.78 is 0. The van der Waals surface area contributed by atoms with Crippen molar-refractivity contribution >= 4 is 24.3 Å². The molecule has 1 amide bonds. The van der Waals surface area contributed by atoms with Crippen LogP contribution < -0.4 is 0 Å². The smallest absolute Gasteiger partial charge is 0.320 e. The Morgan fingerprint density at radius 1 is 1.07 bits per heavy atom. The number of amides is 1. The molecule has 27 heavy (non-hydrogen) atoms. The minimum Gasteiger partial charge on any atom is -0.480 e. The van der Waals surface area contributed by atoms with Crippen molar-refractivity contribution in [2.75, 3.05) is 26.2 Å². The number of aryl methyl sites for hydroxylation is 2. The molecule has 1 aromatic rings. The minimum absolute atomic E-state index is 0. The number of carbonyl (C=O) groups is 2. The van der Waals surface area contributed by atoms with Crippen molar-refractivity contribution in [2.45, 2.75) is 51.5 Å². The quantitative estimate of drug-likeness (QED) is 0.805. The van der Waals surface area contributed by atoms with Crippen LogP contribution in [-0.2, 0) is 16.0 Å². The Balaban J connectivity index is 0.00000261. The van der Waals surface area contributed by atoms with Gasteiger partial charge in [-0.2, -0.15) is 0 Å². The van der Waals surface area contributed by atoms with Crippen LogP contribution in [0.25, 0.3) is 0 Å². The number of hydrogen-bond acceptors (Lipinski definition) is 3. The highest BCUT2D eigenvalue weighted by molar-refractivity contribution is 5.85. The van der Waals surface area contributed by atoms with Gasteiger partial charge in [-0.15, -0.1) is 12.4 Å². The molecule has 2 aliphatic heterocycles. The molecule has 0 radical (unpaired) electrons. The second kappa shape index (κ2) is 10.1. The van der Waals surface area contributed by atoms with Crippen molar-refractivity contribution in [3.05, 3.63) is 35.4 Å². The summed E-state index contributed by atoms with van der Waals surface area (Å²) in [5.41, 5.74) is 2.69.